The number of rotatable bonds is 5. The Bertz CT molecular complexity index is 1120. The number of benzene rings is 1. The smallest absolute Gasteiger partial charge is 0.119 e. The Kier molecular flexibility index (Phi) is 5.90. The van der Waals surface area contributed by atoms with E-state index >= 15 is 0 Å². The standard InChI is InChI=1S/C21H16N4O2S/c1-27-16-3-4-17(15(6-16)12-26)21-18(9-23)20(28-2)7-19(25-21)14-5-13(8-22)10-24-11-14/h3-7,10-11,26H,12H2,1-2H3. The van der Waals surface area contributed by atoms with Crippen molar-refractivity contribution in [1.82, 2.24) is 9.97 Å². The molecule has 0 saturated heterocycles. The Morgan fingerprint density at radius 2 is 1.96 bits per heavy atom. The van der Waals surface area contributed by atoms with Crippen molar-refractivity contribution >= 4 is 11.8 Å². The van der Waals surface area contributed by atoms with Gasteiger partial charge in [0.15, 0.2) is 0 Å². The molecule has 0 aliphatic carbocycles. The fourth-order valence-corrected chi connectivity index (χ4v) is 3.41. The van der Waals surface area contributed by atoms with Gasteiger partial charge in [0.1, 0.15) is 17.9 Å². The van der Waals surface area contributed by atoms with Crippen LogP contribution in [0, 0.1) is 22.7 Å². The van der Waals surface area contributed by atoms with Gasteiger partial charge in [0, 0.05) is 28.4 Å². The van der Waals surface area contributed by atoms with Gasteiger partial charge < -0.3 is 9.84 Å². The van der Waals surface area contributed by atoms with Gasteiger partial charge in [-0.1, -0.05) is 0 Å². The van der Waals surface area contributed by atoms with Gasteiger partial charge in [-0.25, -0.2) is 4.98 Å². The molecule has 2 heterocycles. The van der Waals surface area contributed by atoms with Gasteiger partial charge in [0.2, 0.25) is 0 Å². The van der Waals surface area contributed by atoms with Crippen LogP contribution in [0.3, 0.4) is 0 Å². The molecule has 0 unspecified atom stereocenters. The normalized spacial score (nSPS) is 10.2. The van der Waals surface area contributed by atoms with Crippen LogP contribution in [-0.4, -0.2) is 28.4 Å². The minimum atomic E-state index is -0.219. The zero-order chi connectivity index (χ0) is 20.1. The van der Waals surface area contributed by atoms with Crippen molar-refractivity contribution in [3.63, 3.8) is 0 Å². The van der Waals surface area contributed by atoms with E-state index in [4.69, 9.17) is 15.0 Å². The molecule has 6 nitrogen and oxygen atoms in total. The van der Waals surface area contributed by atoms with Crippen LogP contribution in [0.25, 0.3) is 22.5 Å². The molecular formula is C21H16N4O2S. The minimum Gasteiger partial charge on any atom is -0.497 e. The van der Waals surface area contributed by atoms with Crippen LogP contribution in [0.1, 0.15) is 16.7 Å². The lowest BCUT2D eigenvalue weighted by atomic mass is 9.99. The Labute approximate surface area is 167 Å². The van der Waals surface area contributed by atoms with E-state index in [0.29, 0.717) is 45.0 Å². The number of aliphatic hydroxyl groups is 1. The molecule has 3 aromatic rings. The van der Waals surface area contributed by atoms with Crippen molar-refractivity contribution in [1.29, 1.82) is 10.5 Å². The lowest BCUT2D eigenvalue weighted by molar-refractivity contribution is 0.281. The highest BCUT2D eigenvalue weighted by atomic mass is 32.2. The van der Waals surface area contributed by atoms with Crippen molar-refractivity contribution in [2.75, 3.05) is 13.4 Å². The lowest BCUT2D eigenvalue weighted by Crippen LogP contribution is -2.00. The number of nitrogens with zero attached hydrogens (tertiary/aromatic N) is 4. The summed E-state index contributed by atoms with van der Waals surface area (Å²) in [5.41, 5.74) is 3.87. The summed E-state index contributed by atoms with van der Waals surface area (Å²) in [6.45, 7) is -0.219. The summed E-state index contributed by atoms with van der Waals surface area (Å²) < 4.78 is 5.23. The number of ether oxygens (including phenoxy) is 1. The number of nitriles is 2. The molecule has 0 saturated carbocycles. The monoisotopic (exact) mass is 388 g/mol. The van der Waals surface area contributed by atoms with Crippen LogP contribution in [0.5, 0.6) is 5.75 Å². The first-order valence-corrected chi connectivity index (χ1v) is 9.50. The van der Waals surface area contributed by atoms with Crippen LogP contribution in [0.4, 0.5) is 0 Å². The maximum Gasteiger partial charge on any atom is 0.119 e. The van der Waals surface area contributed by atoms with Gasteiger partial charge in [-0.2, -0.15) is 10.5 Å². The number of pyridine rings is 2. The molecule has 1 N–H and O–H groups in total. The zero-order valence-corrected chi connectivity index (χ0v) is 16.1. The number of hydrogen-bond acceptors (Lipinski definition) is 7. The molecule has 0 atom stereocenters. The molecule has 0 fully saturated rings. The molecule has 1 aromatic carbocycles. The van der Waals surface area contributed by atoms with E-state index < -0.39 is 0 Å². The van der Waals surface area contributed by atoms with Crippen LogP contribution in [-0.2, 0) is 6.61 Å². The fraction of sp³-hybridized carbons (Fsp3) is 0.143. The van der Waals surface area contributed by atoms with Crippen molar-refractivity contribution in [3.05, 3.63) is 59.4 Å². The third-order valence-corrected chi connectivity index (χ3v) is 4.98. The summed E-state index contributed by atoms with van der Waals surface area (Å²) in [6, 6.07) is 13.1. The molecule has 138 valence electrons. The molecule has 28 heavy (non-hydrogen) atoms. The molecule has 7 heteroatoms. The molecule has 2 aromatic heterocycles. The summed E-state index contributed by atoms with van der Waals surface area (Å²) in [6.07, 6.45) is 5.00. The second kappa shape index (κ2) is 8.53. The van der Waals surface area contributed by atoms with Crippen LogP contribution in [0.2, 0.25) is 0 Å². The van der Waals surface area contributed by atoms with E-state index in [-0.39, 0.29) is 6.61 Å². The number of aliphatic hydroxyl groups excluding tert-OH is 1. The highest BCUT2D eigenvalue weighted by molar-refractivity contribution is 7.98. The SMILES string of the molecule is COc1ccc(-c2nc(-c3cncc(C#N)c3)cc(SC)c2C#N)c(CO)c1. The highest BCUT2D eigenvalue weighted by Crippen LogP contribution is 2.35. The number of methoxy groups -OCH3 is 1. The van der Waals surface area contributed by atoms with E-state index in [9.17, 15) is 10.4 Å². The topological polar surface area (TPSA) is 103 Å². The Balaban J connectivity index is 2.29. The maximum absolute atomic E-state index is 9.83. The molecular weight excluding hydrogens is 372 g/mol. The molecule has 0 radical (unpaired) electrons. The number of thioether (sulfide) groups is 1. The summed E-state index contributed by atoms with van der Waals surface area (Å²) in [4.78, 5) is 9.55. The average Bonchev–Trinajstić information content (AvgIpc) is 2.77. The van der Waals surface area contributed by atoms with Crippen molar-refractivity contribution in [2.24, 2.45) is 0 Å². The third-order valence-electron chi connectivity index (χ3n) is 4.22. The molecule has 0 amide bonds. The third kappa shape index (κ3) is 3.67. The van der Waals surface area contributed by atoms with Crippen LogP contribution in [0.15, 0.2) is 47.6 Å². The lowest BCUT2D eigenvalue weighted by Gasteiger charge is -2.14. The van der Waals surface area contributed by atoms with E-state index in [1.165, 1.54) is 18.0 Å². The van der Waals surface area contributed by atoms with Gasteiger partial charge in [-0.05, 0) is 42.2 Å². The van der Waals surface area contributed by atoms with E-state index in [2.05, 4.69) is 17.1 Å². The second-order valence-corrected chi connectivity index (χ2v) is 6.65. The summed E-state index contributed by atoms with van der Waals surface area (Å²) in [7, 11) is 1.55. The second-order valence-electron chi connectivity index (χ2n) is 5.80. The van der Waals surface area contributed by atoms with Crippen molar-refractivity contribution < 1.29 is 9.84 Å². The first-order valence-electron chi connectivity index (χ1n) is 8.28. The molecule has 0 aliphatic heterocycles. The minimum absolute atomic E-state index is 0.219. The van der Waals surface area contributed by atoms with Gasteiger partial charge in [0.05, 0.1) is 36.2 Å². The van der Waals surface area contributed by atoms with Crippen LogP contribution < -0.4 is 4.74 Å². The van der Waals surface area contributed by atoms with E-state index in [1.807, 2.05) is 12.3 Å². The van der Waals surface area contributed by atoms with E-state index in [0.717, 1.165) is 4.90 Å². The fourth-order valence-electron chi connectivity index (χ4n) is 2.83. The quantitative estimate of drug-likeness (QED) is 0.664. The summed E-state index contributed by atoms with van der Waals surface area (Å²) >= 11 is 1.43. The van der Waals surface area contributed by atoms with Gasteiger partial charge in [-0.15, -0.1) is 11.8 Å². The van der Waals surface area contributed by atoms with Crippen LogP contribution >= 0.6 is 11.8 Å². The molecule has 0 spiro atoms. The van der Waals surface area contributed by atoms with Crippen molar-refractivity contribution in [2.45, 2.75) is 11.5 Å². The average molecular weight is 388 g/mol. The molecule has 0 bridgehead atoms. The summed E-state index contributed by atoms with van der Waals surface area (Å²) in [5.74, 6) is 0.610. The molecule has 0 aliphatic rings. The molecule has 3 rings (SSSR count). The Morgan fingerprint density at radius 1 is 1.14 bits per heavy atom. The zero-order valence-electron chi connectivity index (χ0n) is 15.3. The van der Waals surface area contributed by atoms with E-state index in [1.54, 1.807) is 37.6 Å². The largest absolute Gasteiger partial charge is 0.497 e. The predicted molar refractivity (Wildman–Crippen MR) is 107 cm³/mol. The Morgan fingerprint density at radius 3 is 2.61 bits per heavy atom. The van der Waals surface area contributed by atoms with Gasteiger partial charge in [-0.3, -0.25) is 4.98 Å². The predicted octanol–water partition coefficient (Wildman–Crippen LogP) is 3.78. The van der Waals surface area contributed by atoms with Gasteiger partial charge in [0.25, 0.3) is 0 Å². The van der Waals surface area contributed by atoms with Gasteiger partial charge >= 0.3 is 0 Å². The number of aromatic nitrogens is 2. The summed E-state index contributed by atoms with van der Waals surface area (Å²) in [5, 5.41) is 28.7. The first-order chi connectivity index (χ1) is 13.6. The highest BCUT2D eigenvalue weighted by Gasteiger charge is 2.18. The Hall–Kier alpha value is -3.39. The maximum atomic E-state index is 9.83. The first kappa shape index (κ1) is 19.4. The van der Waals surface area contributed by atoms with Crippen molar-refractivity contribution in [3.8, 4) is 40.4 Å². The number of hydrogen-bond donors (Lipinski definition) is 1.